The van der Waals surface area contributed by atoms with E-state index in [1.54, 1.807) is 7.05 Å². The van der Waals surface area contributed by atoms with Crippen LogP contribution in [0.5, 0.6) is 0 Å². The number of H-pyrrole nitrogens is 1. The number of anilines is 1. The summed E-state index contributed by atoms with van der Waals surface area (Å²) in [5.74, 6) is -0.333. The minimum atomic E-state index is -4.66. The molecule has 0 bridgehead atoms. The van der Waals surface area contributed by atoms with E-state index in [2.05, 4.69) is 35.7 Å². The Morgan fingerprint density at radius 3 is 2.51 bits per heavy atom. The van der Waals surface area contributed by atoms with Crippen LogP contribution in [0.3, 0.4) is 0 Å². The molecule has 0 unspecified atom stereocenters. The van der Waals surface area contributed by atoms with Crippen LogP contribution in [0.1, 0.15) is 31.3 Å². The fraction of sp³-hybridized carbons (Fsp3) is 0.269. The molecule has 0 atom stereocenters. The minimum Gasteiger partial charge on any atom is -0.384 e. The average Bonchev–Trinajstić information content (AvgIpc) is 3.40. The number of pyridine rings is 1. The Bertz CT molecular complexity index is 1740. The number of halogens is 4. The summed E-state index contributed by atoms with van der Waals surface area (Å²) >= 11 is 0. The number of likely N-dealkylation sites (N-methyl/N-ethyl adjacent to an activating group) is 1. The fourth-order valence-electron chi connectivity index (χ4n) is 4.92. The Morgan fingerprint density at radius 2 is 1.90 bits per heavy atom. The molecule has 1 aromatic carbocycles. The Kier molecular flexibility index (Phi) is 5.56. The SMILES string of the molecule is CCNc1cc(F)cc2c1[nH]c1ncc(-c3cnc(C4(C(=O)NC)CC4)nc3)c(-n3ccc(C(F)(F)F)n3)c12. The Balaban J connectivity index is 1.60. The Morgan fingerprint density at radius 1 is 1.15 bits per heavy atom. The predicted octanol–water partition coefficient (Wildman–Crippen LogP) is 4.73. The van der Waals surface area contributed by atoms with E-state index in [0.29, 0.717) is 64.0 Å². The largest absolute Gasteiger partial charge is 0.435 e. The zero-order valence-corrected chi connectivity index (χ0v) is 20.8. The van der Waals surface area contributed by atoms with E-state index >= 15 is 0 Å². The van der Waals surface area contributed by atoms with Crippen LogP contribution in [0.4, 0.5) is 23.2 Å². The number of nitrogens with zero attached hydrogens (tertiary/aromatic N) is 5. The standard InChI is InChI=1S/C26H22F4N8O/c1-3-32-17-9-14(27)8-15-19-21(38-7-4-18(37-38)26(28,29)30)16(12-33-22(19)36-20(15)17)13-10-34-23(35-11-13)25(5-6-25)24(39)31-2/h4,7-12,32H,3,5-6H2,1-2H3,(H,31,39)(H,33,36). The smallest absolute Gasteiger partial charge is 0.384 e. The maximum absolute atomic E-state index is 14.7. The van der Waals surface area contributed by atoms with Gasteiger partial charge in [0.1, 0.15) is 22.7 Å². The number of alkyl halides is 3. The number of carbonyl (C=O) groups is 1. The van der Waals surface area contributed by atoms with E-state index in [0.717, 1.165) is 10.7 Å². The van der Waals surface area contributed by atoms with Crippen molar-refractivity contribution in [3.05, 3.63) is 60.3 Å². The summed E-state index contributed by atoms with van der Waals surface area (Å²) in [4.78, 5) is 28.9. The van der Waals surface area contributed by atoms with Gasteiger partial charge in [0.2, 0.25) is 5.91 Å². The summed E-state index contributed by atoms with van der Waals surface area (Å²) in [6.45, 7) is 2.39. The van der Waals surface area contributed by atoms with Crippen LogP contribution in [0, 0.1) is 5.82 Å². The molecule has 3 N–H and O–H groups in total. The molecule has 6 rings (SSSR count). The summed E-state index contributed by atoms with van der Waals surface area (Å²) in [5, 5.41) is 10.3. The Labute approximate surface area is 218 Å². The predicted molar refractivity (Wildman–Crippen MR) is 136 cm³/mol. The molecule has 0 aliphatic heterocycles. The number of benzene rings is 1. The third-order valence-electron chi connectivity index (χ3n) is 6.95. The van der Waals surface area contributed by atoms with Crippen LogP contribution in [-0.4, -0.2) is 49.2 Å². The fourth-order valence-corrected chi connectivity index (χ4v) is 4.92. The summed E-state index contributed by atoms with van der Waals surface area (Å²) < 4.78 is 56.3. The molecule has 4 heterocycles. The van der Waals surface area contributed by atoms with Crippen LogP contribution < -0.4 is 10.6 Å². The normalized spacial score (nSPS) is 14.6. The van der Waals surface area contributed by atoms with Crippen LogP contribution >= 0.6 is 0 Å². The van der Waals surface area contributed by atoms with Crippen molar-refractivity contribution in [1.82, 2.24) is 35.0 Å². The molecule has 9 nitrogen and oxygen atoms in total. The molecule has 1 saturated carbocycles. The van der Waals surface area contributed by atoms with Crippen molar-refractivity contribution in [2.24, 2.45) is 0 Å². The lowest BCUT2D eigenvalue weighted by Gasteiger charge is -2.14. The average molecular weight is 539 g/mol. The number of rotatable bonds is 6. The number of aromatic nitrogens is 6. The van der Waals surface area contributed by atoms with Crippen molar-refractivity contribution in [3.63, 3.8) is 0 Å². The van der Waals surface area contributed by atoms with Gasteiger partial charge >= 0.3 is 6.18 Å². The molecule has 1 aliphatic rings. The molecule has 1 fully saturated rings. The summed E-state index contributed by atoms with van der Waals surface area (Å²) in [7, 11) is 1.55. The van der Waals surface area contributed by atoms with Crippen molar-refractivity contribution in [3.8, 4) is 16.8 Å². The number of hydrogen-bond donors (Lipinski definition) is 3. The van der Waals surface area contributed by atoms with Crippen molar-refractivity contribution in [1.29, 1.82) is 0 Å². The van der Waals surface area contributed by atoms with Gasteiger partial charge in [-0.3, -0.25) is 4.79 Å². The zero-order chi connectivity index (χ0) is 27.5. The van der Waals surface area contributed by atoms with E-state index in [1.165, 1.54) is 36.9 Å². The molecule has 13 heteroatoms. The van der Waals surface area contributed by atoms with Crippen LogP contribution in [-0.2, 0) is 16.4 Å². The summed E-state index contributed by atoms with van der Waals surface area (Å²) in [6.07, 6.45) is 2.27. The third kappa shape index (κ3) is 3.96. The number of hydrogen-bond acceptors (Lipinski definition) is 6. The highest BCUT2D eigenvalue weighted by Gasteiger charge is 2.53. The van der Waals surface area contributed by atoms with Crippen LogP contribution in [0.15, 0.2) is 43.0 Å². The molecule has 0 radical (unpaired) electrons. The van der Waals surface area contributed by atoms with Crippen LogP contribution in [0.25, 0.3) is 38.8 Å². The van der Waals surface area contributed by atoms with E-state index in [4.69, 9.17) is 0 Å². The summed E-state index contributed by atoms with van der Waals surface area (Å²) in [5.41, 5.74) is 0.597. The van der Waals surface area contributed by atoms with E-state index in [-0.39, 0.29) is 11.6 Å². The van der Waals surface area contributed by atoms with Gasteiger partial charge in [-0.25, -0.2) is 24.0 Å². The van der Waals surface area contributed by atoms with Crippen molar-refractivity contribution in [2.45, 2.75) is 31.4 Å². The molecular weight excluding hydrogens is 516 g/mol. The highest BCUT2D eigenvalue weighted by atomic mass is 19.4. The van der Waals surface area contributed by atoms with E-state index < -0.39 is 23.1 Å². The lowest BCUT2D eigenvalue weighted by Crippen LogP contribution is -2.33. The molecule has 200 valence electrons. The van der Waals surface area contributed by atoms with Gasteiger partial charge in [0, 0.05) is 54.9 Å². The molecule has 4 aromatic heterocycles. The van der Waals surface area contributed by atoms with Crippen molar-refractivity contribution >= 4 is 33.5 Å². The number of nitrogens with one attached hydrogen (secondary N) is 3. The van der Waals surface area contributed by atoms with Gasteiger partial charge in [-0.05, 0) is 38.0 Å². The van der Waals surface area contributed by atoms with Gasteiger partial charge in [-0.15, -0.1) is 0 Å². The van der Waals surface area contributed by atoms with E-state index in [1.807, 2.05) is 6.92 Å². The number of amides is 1. The molecule has 1 amide bonds. The van der Waals surface area contributed by atoms with Gasteiger partial charge in [0.15, 0.2) is 5.69 Å². The first kappa shape index (κ1) is 24.8. The van der Waals surface area contributed by atoms with Crippen molar-refractivity contribution < 1.29 is 22.4 Å². The molecule has 0 spiro atoms. The first-order chi connectivity index (χ1) is 18.7. The highest BCUT2D eigenvalue weighted by Crippen LogP contribution is 2.47. The molecule has 0 saturated heterocycles. The van der Waals surface area contributed by atoms with Crippen molar-refractivity contribution in [2.75, 3.05) is 18.9 Å². The Hall–Kier alpha value is -4.55. The second-order valence-corrected chi connectivity index (χ2v) is 9.38. The minimum absolute atomic E-state index is 0.174. The lowest BCUT2D eigenvalue weighted by molar-refractivity contribution is -0.141. The maximum Gasteiger partial charge on any atom is 0.435 e. The second kappa shape index (κ2) is 8.75. The first-order valence-electron chi connectivity index (χ1n) is 12.2. The topological polar surface area (TPSA) is 113 Å². The van der Waals surface area contributed by atoms with Gasteiger partial charge in [-0.2, -0.15) is 18.3 Å². The lowest BCUT2D eigenvalue weighted by atomic mass is 10.0. The summed E-state index contributed by atoms with van der Waals surface area (Å²) in [6, 6.07) is 3.51. The third-order valence-corrected chi connectivity index (χ3v) is 6.95. The van der Waals surface area contributed by atoms with Gasteiger partial charge in [-0.1, -0.05) is 0 Å². The number of aromatic amines is 1. The molecular formula is C26H22F4N8O. The highest BCUT2D eigenvalue weighted by molar-refractivity contribution is 6.15. The molecule has 5 aromatic rings. The maximum atomic E-state index is 14.7. The second-order valence-electron chi connectivity index (χ2n) is 9.38. The number of fused-ring (bicyclic) bond motifs is 3. The quantitative estimate of drug-likeness (QED) is 0.270. The molecule has 1 aliphatic carbocycles. The van der Waals surface area contributed by atoms with Crippen LogP contribution in [0.2, 0.25) is 0 Å². The van der Waals surface area contributed by atoms with Gasteiger partial charge in [0.05, 0.1) is 22.3 Å². The first-order valence-corrected chi connectivity index (χ1v) is 12.2. The molecule has 39 heavy (non-hydrogen) atoms. The number of carbonyl (C=O) groups excluding carboxylic acids is 1. The van der Waals surface area contributed by atoms with E-state index in [9.17, 15) is 22.4 Å². The van der Waals surface area contributed by atoms with Gasteiger partial charge < -0.3 is 15.6 Å². The monoisotopic (exact) mass is 538 g/mol. The van der Waals surface area contributed by atoms with Gasteiger partial charge in [0.25, 0.3) is 0 Å². The zero-order valence-electron chi connectivity index (χ0n) is 20.8.